The molecule has 0 atom stereocenters. The minimum Gasteiger partial charge on any atom is -0.391 e. The Hall–Kier alpha value is 0.503. The van der Waals surface area contributed by atoms with Crippen LogP contribution in [0, 0.1) is 6.07 Å². The molecule has 0 fully saturated rings. The number of halogens is 1. The smallest absolute Gasteiger partial charge is 0.0857 e. The summed E-state index contributed by atoms with van der Waals surface area (Å²) in [6, 6.07) is 6.36. The maximum atomic E-state index is 3.75. The maximum absolute atomic E-state index is 3.75. The van der Waals surface area contributed by atoms with Gasteiger partial charge in [-0.1, -0.05) is 12.4 Å². The van der Waals surface area contributed by atoms with Crippen molar-refractivity contribution in [3.05, 3.63) is 30.6 Å². The van der Waals surface area contributed by atoms with Crippen molar-refractivity contribution >= 4 is 19.8 Å². The summed E-state index contributed by atoms with van der Waals surface area (Å²) in [6.07, 6.45) is 3.39. The van der Waals surface area contributed by atoms with Crippen molar-refractivity contribution in [2.24, 2.45) is 0 Å². The van der Waals surface area contributed by atoms with Crippen LogP contribution in [0.2, 0.25) is 0 Å². The van der Waals surface area contributed by atoms with Crippen LogP contribution in [-0.4, -0.2) is 4.98 Å². The average Bonchev–Trinajstić information content (AvgIpc) is 1.96. The maximum Gasteiger partial charge on any atom is -0.0857 e. The molecule has 0 aliphatic rings. The summed E-state index contributed by atoms with van der Waals surface area (Å²) in [5.74, 6) is 0. The van der Waals surface area contributed by atoms with Gasteiger partial charge < -0.3 is 4.98 Å². The molecule has 38 valence electrons. The predicted molar refractivity (Wildman–Crippen MR) is 37.1 cm³/mol. The van der Waals surface area contributed by atoms with Gasteiger partial charge in [0.25, 0.3) is 0 Å². The number of hydrogen-bond acceptors (Lipinski definition) is 1. The SMILES string of the molecule is [Zn+][I].[c-]1ccncc1. The van der Waals surface area contributed by atoms with Gasteiger partial charge in [-0.2, -0.15) is 18.2 Å². The molecule has 1 rings (SSSR count). The monoisotopic (exact) mass is 269 g/mol. The molecular weight excluding hydrogens is 266 g/mol. The van der Waals surface area contributed by atoms with Crippen molar-refractivity contribution in [1.82, 2.24) is 4.98 Å². The standard InChI is InChI=1S/C5H4N.HI.Zn/c1-2-4-6-5-3-1;;/h2-5H;1H;/q-1;;+2/p-1. The molecule has 0 aromatic carbocycles. The van der Waals surface area contributed by atoms with Crippen LogP contribution in [0.4, 0.5) is 0 Å². The molecule has 0 spiro atoms. The topological polar surface area (TPSA) is 12.9 Å². The fourth-order valence-corrected chi connectivity index (χ4v) is 0.277. The molecule has 8 heavy (non-hydrogen) atoms. The molecule has 0 bridgehead atoms. The van der Waals surface area contributed by atoms with E-state index in [9.17, 15) is 0 Å². The summed E-state index contributed by atoms with van der Waals surface area (Å²) < 4.78 is 0. The fraction of sp³-hybridized carbons (Fsp3) is 0. The van der Waals surface area contributed by atoms with Crippen LogP contribution in [0.15, 0.2) is 24.5 Å². The van der Waals surface area contributed by atoms with Crippen molar-refractivity contribution in [1.29, 1.82) is 0 Å². The van der Waals surface area contributed by atoms with Gasteiger partial charge in [0.1, 0.15) is 0 Å². The van der Waals surface area contributed by atoms with Gasteiger partial charge in [0.15, 0.2) is 0 Å². The molecule has 0 saturated heterocycles. The molecule has 1 nitrogen and oxygen atoms in total. The number of pyridine rings is 1. The van der Waals surface area contributed by atoms with Gasteiger partial charge in [-0.3, -0.25) is 0 Å². The second-order valence-corrected chi connectivity index (χ2v) is 0.947. The number of rotatable bonds is 0. The van der Waals surface area contributed by atoms with Crippen molar-refractivity contribution in [3.8, 4) is 0 Å². The van der Waals surface area contributed by atoms with E-state index < -0.39 is 0 Å². The number of hydrogen-bond donors (Lipinski definition) is 0. The summed E-state index contributed by atoms with van der Waals surface area (Å²) in [4.78, 5) is 3.75. The van der Waals surface area contributed by atoms with Crippen molar-refractivity contribution in [2.75, 3.05) is 0 Å². The van der Waals surface area contributed by atoms with E-state index in [1.54, 1.807) is 24.5 Å². The third-order valence-electron chi connectivity index (χ3n) is 0.514. The Labute approximate surface area is 69.8 Å². The average molecular weight is 270 g/mol. The zero-order valence-electron chi connectivity index (χ0n) is 4.34. The molecule has 0 radical (unpaired) electrons. The Balaban J connectivity index is 0.000000222. The quantitative estimate of drug-likeness (QED) is 0.398. The van der Waals surface area contributed by atoms with Crippen molar-refractivity contribution in [2.45, 2.75) is 0 Å². The van der Waals surface area contributed by atoms with Gasteiger partial charge in [0.2, 0.25) is 0 Å². The first-order valence-electron chi connectivity index (χ1n) is 2.03. The zero-order chi connectivity index (χ0) is 6.24. The zero-order valence-corrected chi connectivity index (χ0v) is 9.47. The van der Waals surface area contributed by atoms with E-state index in [0.717, 1.165) is 0 Å². The van der Waals surface area contributed by atoms with E-state index in [1.165, 1.54) is 14.8 Å². The first-order chi connectivity index (χ1) is 4.00. The molecule has 0 aliphatic carbocycles. The first-order valence-corrected chi connectivity index (χ1v) is 11.1. The molecule has 3 heteroatoms. The normalized spacial score (nSPS) is 6.88. The van der Waals surface area contributed by atoms with E-state index in [-0.39, 0.29) is 0 Å². The fourth-order valence-electron chi connectivity index (χ4n) is 0.277. The van der Waals surface area contributed by atoms with E-state index in [1.807, 2.05) is 0 Å². The summed E-state index contributed by atoms with van der Waals surface area (Å²) in [5.41, 5.74) is 0. The molecule has 0 aliphatic heterocycles. The number of nitrogens with zero attached hydrogens (tertiary/aromatic N) is 1. The van der Waals surface area contributed by atoms with Crippen molar-refractivity contribution < 1.29 is 14.8 Å². The van der Waals surface area contributed by atoms with Gasteiger partial charge in [-0.15, -0.1) is 0 Å². The second kappa shape index (κ2) is 7.50. The van der Waals surface area contributed by atoms with Gasteiger partial charge >= 0.3 is 34.5 Å². The minimum atomic E-state index is 1.34. The molecule has 0 N–H and O–H groups in total. The third-order valence-corrected chi connectivity index (χ3v) is 0.514. The summed E-state index contributed by atoms with van der Waals surface area (Å²) in [7, 11) is 0. The molecule has 0 saturated carbocycles. The second-order valence-electron chi connectivity index (χ2n) is 0.947. The van der Waals surface area contributed by atoms with Gasteiger partial charge in [-0.05, 0) is 0 Å². The van der Waals surface area contributed by atoms with Crippen LogP contribution in [-0.2, 0) is 14.8 Å². The van der Waals surface area contributed by atoms with E-state index >= 15 is 0 Å². The summed E-state index contributed by atoms with van der Waals surface area (Å²) in [6.45, 7) is 0. The molecule has 0 unspecified atom stereocenters. The Morgan fingerprint density at radius 1 is 1.25 bits per heavy atom. The van der Waals surface area contributed by atoms with E-state index in [0.29, 0.717) is 0 Å². The first kappa shape index (κ1) is 8.50. The van der Waals surface area contributed by atoms with E-state index in [4.69, 9.17) is 0 Å². The van der Waals surface area contributed by atoms with Crippen LogP contribution in [0.25, 0.3) is 0 Å². The summed E-state index contributed by atoms with van der Waals surface area (Å²) in [5, 5.41) is 0. The van der Waals surface area contributed by atoms with Gasteiger partial charge in [-0.25, -0.2) is 0 Å². The van der Waals surface area contributed by atoms with Crippen LogP contribution < -0.4 is 0 Å². The Morgan fingerprint density at radius 3 is 1.88 bits per heavy atom. The van der Waals surface area contributed by atoms with Gasteiger partial charge in [0.05, 0.1) is 0 Å². The molecule has 0 amide bonds. The predicted octanol–water partition coefficient (Wildman–Crippen LogP) is 1.76. The Bertz CT molecular complexity index is 84.4. The molecule has 1 aromatic rings. The minimum absolute atomic E-state index is 1.34. The largest absolute Gasteiger partial charge is 0.391 e. The number of aromatic nitrogens is 1. The molecule has 1 aromatic heterocycles. The molecule has 1 heterocycles. The molecular formula is C5H4INZn. The Morgan fingerprint density at radius 2 is 1.75 bits per heavy atom. The van der Waals surface area contributed by atoms with Crippen LogP contribution in [0.3, 0.4) is 0 Å². The summed E-state index contributed by atoms with van der Waals surface area (Å²) >= 11 is 3.62. The van der Waals surface area contributed by atoms with Gasteiger partial charge in [0, 0.05) is 0 Å². The van der Waals surface area contributed by atoms with Crippen LogP contribution >= 0.6 is 19.8 Å². The van der Waals surface area contributed by atoms with Crippen LogP contribution in [0.1, 0.15) is 0 Å². The van der Waals surface area contributed by atoms with E-state index in [2.05, 4.69) is 30.8 Å². The third kappa shape index (κ3) is 4.66. The Kier molecular flexibility index (Phi) is 7.98. The van der Waals surface area contributed by atoms with Crippen molar-refractivity contribution in [3.63, 3.8) is 0 Å². The van der Waals surface area contributed by atoms with Crippen LogP contribution in [0.5, 0.6) is 0 Å².